The first-order valence-electron chi connectivity index (χ1n) is 10.6. The number of alkyl halides is 3. The summed E-state index contributed by atoms with van der Waals surface area (Å²) in [4.78, 5) is 16.1. The van der Waals surface area contributed by atoms with Crippen LogP contribution in [0.25, 0.3) is 6.08 Å². The normalized spacial score (nSPS) is 13.1. The van der Waals surface area contributed by atoms with Gasteiger partial charge in [-0.25, -0.2) is 17.8 Å². The van der Waals surface area contributed by atoms with Crippen molar-refractivity contribution in [3.63, 3.8) is 0 Å². The van der Waals surface area contributed by atoms with Gasteiger partial charge in [0.2, 0.25) is 15.9 Å². The van der Waals surface area contributed by atoms with Gasteiger partial charge in [0.05, 0.1) is 18.0 Å². The zero-order chi connectivity index (χ0) is 25.5. The summed E-state index contributed by atoms with van der Waals surface area (Å²) in [5.74, 6) is -1.34. The Morgan fingerprint density at radius 2 is 1.88 bits per heavy atom. The number of amides is 1. The van der Waals surface area contributed by atoms with Crippen molar-refractivity contribution in [2.45, 2.75) is 51.7 Å². The van der Waals surface area contributed by atoms with Crippen LogP contribution in [0.3, 0.4) is 0 Å². The van der Waals surface area contributed by atoms with Crippen molar-refractivity contribution >= 4 is 27.7 Å². The maximum atomic E-state index is 14.2. The fraction of sp³-hybridized carbons (Fsp3) is 0.391. The predicted octanol–water partition coefficient (Wildman–Crippen LogP) is 5.23. The number of hydrogen-bond acceptors (Lipinski definition) is 4. The molecule has 0 fully saturated rings. The Morgan fingerprint density at radius 3 is 2.47 bits per heavy atom. The maximum Gasteiger partial charge on any atom is 0.433 e. The van der Waals surface area contributed by atoms with Crippen LogP contribution < -0.4 is 10.0 Å². The number of unbranched alkanes of at least 4 members (excludes halogenated alkanes) is 2. The summed E-state index contributed by atoms with van der Waals surface area (Å²) >= 11 is 0. The summed E-state index contributed by atoms with van der Waals surface area (Å²) in [6, 6.07) is 5.37. The van der Waals surface area contributed by atoms with Gasteiger partial charge in [-0.15, -0.1) is 0 Å². The van der Waals surface area contributed by atoms with Crippen LogP contribution in [0, 0.1) is 5.82 Å². The van der Waals surface area contributed by atoms with Crippen molar-refractivity contribution in [3.05, 3.63) is 64.7 Å². The number of nitrogens with zero attached hydrogens (tertiary/aromatic N) is 1. The molecule has 1 atom stereocenters. The zero-order valence-electron chi connectivity index (χ0n) is 19.0. The van der Waals surface area contributed by atoms with Gasteiger partial charge < -0.3 is 5.32 Å². The quantitative estimate of drug-likeness (QED) is 0.265. The number of pyridine rings is 1. The number of sulfonamides is 1. The fourth-order valence-electron chi connectivity index (χ4n) is 3.16. The summed E-state index contributed by atoms with van der Waals surface area (Å²) < 4.78 is 77.9. The highest BCUT2D eigenvalue weighted by Gasteiger charge is 2.32. The van der Waals surface area contributed by atoms with Crippen LogP contribution in [-0.4, -0.2) is 25.6 Å². The molecule has 2 aromatic rings. The first-order chi connectivity index (χ1) is 15.8. The molecule has 0 unspecified atom stereocenters. The van der Waals surface area contributed by atoms with E-state index in [0.29, 0.717) is 24.0 Å². The van der Waals surface area contributed by atoms with Crippen molar-refractivity contribution in [1.29, 1.82) is 0 Å². The largest absolute Gasteiger partial charge is 0.433 e. The lowest BCUT2D eigenvalue weighted by molar-refractivity contribution is -0.141. The molecule has 34 heavy (non-hydrogen) atoms. The average Bonchev–Trinajstić information content (AvgIpc) is 2.72. The standard InChI is InChI=1S/C23H27F4N3O3S/c1-4-5-6-7-19-16(9-12-21(29-19)23(25,26)27)10-13-22(31)28-15(2)17-8-11-20(18(24)14-17)30-34(3,32)33/h8-15,30H,4-7H2,1-3H3,(H,28,31)/b13-10+/t15-/m1/s1. The number of carbonyl (C=O) groups excluding carboxylic acids is 1. The molecule has 0 aliphatic carbocycles. The van der Waals surface area contributed by atoms with E-state index in [0.717, 1.165) is 31.2 Å². The number of aryl methyl sites for hydroxylation is 1. The van der Waals surface area contributed by atoms with Crippen LogP contribution in [0.4, 0.5) is 23.2 Å². The Kier molecular flexibility index (Phi) is 9.20. The third-order valence-electron chi connectivity index (χ3n) is 4.88. The van der Waals surface area contributed by atoms with E-state index in [1.54, 1.807) is 6.92 Å². The Labute approximate surface area is 196 Å². The molecule has 0 saturated carbocycles. The van der Waals surface area contributed by atoms with Gasteiger partial charge in [0.1, 0.15) is 11.5 Å². The molecule has 0 bridgehead atoms. The zero-order valence-corrected chi connectivity index (χ0v) is 19.9. The number of carbonyl (C=O) groups is 1. The molecule has 0 spiro atoms. The van der Waals surface area contributed by atoms with Crippen LogP contribution in [0.1, 0.15) is 61.7 Å². The third kappa shape index (κ3) is 8.44. The number of hydrogen-bond donors (Lipinski definition) is 2. The maximum absolute atomic E-state index is 14.2. The van der Waals surface area contributed by atoms with Crippen molar-refractivity contribution in [3.8, 4) is 0 Å². The van der Waals surface area contributed by atoms with Crippen molar-refractivity contribution < 1.29 is 30.8 Å². The summed E-state index contributed by atoms with van der Waals surface area (Å²) in [6.45, 7) is 3.59. The molecule has 6 nitrogen and oxygen atoms in total. The predicted molar refractivity (Wildman–Crippen MR) is 123 cm³/mol. The highest BCUT2D eigenvalue weighted by atomic mass is 32.2. The lowest BCUT2D eigenvalue weighted by Gasteiger charge is -2.15. The summed E-state index contributed by atoms with van der Waals surface area (Å²) in [6.07, 6.45) is 1.68. The average molecular weight is 502 g/mol. The number of rotatable bonds is 10. The molecule has 1 aromatic heterocycles. The van der Waals surface area contributed by atoms with Gasteiger partial charge in [0.15, 0.2) is 0 Å². The fourth-order valence-corrected chi connectivity index (χ4v) is 3.72. The second-order valence-electron chi connectivity index (χ2n) is 7.86. The van der Waals surface area contributed by atoms with Crippen molar-refractivity contribution in [2.24, 2.45) is 0 Å². The van der Waals surface area contributed by atoms with Gasteiger partial charge >= 0.3 is 6.18 Å². The minimum Gasteiger partial charge on any atom is -0.346 e. The van der Waals surface area contributed by atoms with Gasteiger partial charge in [0.25, 0.3) is 0 Å². The summed E-state index contributed by atoms with van der Waals surface area (Å²) in [5.41, 5.74) is -0.125. The number of anilines is 1. The molecule has 2 rings (SSSR count). The van der Waals surface area contributed by atoms with Gasteiger partial charge in [-0.1, -0.05) is 31.9 Å². The van der Waals surface area contributed by atoms with Crippen LogP contribution >= 0.6 is 0 Å². The van der Waals surface area contributed by atoms with Crippen molar-refractivity contribution in [1.82, 2.24) is 10.3 Å². The van der Waals surface area contributed by atoms with Crippen molar-refractivity contribution in [2.75, 3.05) is 11.0 Å². The third-order valence-corrected chi connectivity index (χ3v) is 5.47. The highest BCUT2D eigenvalue weighted by molar-refractivity contribution is 7.92. The molecular weight excluding hydrogens is 474 g/mol. The van der Waals surface area contributed by atoms with Gasteiger partial charge in [-0.05, 0) is 55.2 Å². The van der Waals surface area contributed by atoms with Crippen LogP contribution in [0.2, 0.25) is 0 Å². The second kappa shape index (κ2) is 11.5. The molecule has 11 heteroatoms. The van der Waals surface area contributed by atoms with E-state index in [1.807, 2.05) is 6.92 Å². The molecule has 1 aromatic carbocycles. The smallest absolute Gasteiger partial charge is 0.346 e. The number of benzene rings is 1. The molecule has 1 heterocycles. The Hall–Kier alpha value is -2.95. The van der Waals surface area contributed by atoms with E-state index in [1.165, 1.54) is 30.4 Å². The van der Waals surface area contributed by atoms with Crippen LogP contribution in [0.5, 0.6) is 0 Å². The first-order valence-corrected chi connectivity index (χ1v) is 12.5. The topological polar surface area (TPSA) is 88.2 Å². The number of nitrogens with one attached hydrogen (secondary N) is 2. The number of halogens is 4. The van der Waals surface area contributed by atoms with Gasteiger partial charge in [-0.3, -0.25) is 9.52 Å². The minimum atomic E-state index is -4.56. The number of aromatic nitrogens is 1. The van der Waals surface area contributed by atoms with E-state index in [-0.39, 0.29) is 11.4 Å². The monoisotopic (exact) mass is 501 g/mol. The van der Waals surface area contributed by atoms with Crippen LogP contribution in [0.15, 0.2) is 36.4 Å². The lowest BCUT2D eigenvalue weighted by atomic mass is 10.1. The van der Waals surface area contributed by atoms with Gasteiger partial charge in [0, 0.05) is 11.8 Å². The SMILES string of the molecule is CCCCCc1nc(C(F)(F)F)ccc1/C=C/C(=O)N[C@H](C)c1ccc(NS(C)(=O)=O)c(F)c1. The molecule has 0 saturated heterocycles. The Morgan fingerprint density at radius 1 is 1.18 bits per heavy atom. The Balaban J connectivity index is 2.13. The molecule has 186 valence electrons. The van der Waals surface area contributed by atoms with Crippen LogP contribution in [-0.2, 0) is 27.4 Å². The molecular formula is C23H27F4N3O3S. The van der Waals surface area contributed by atoms with E-state index in [2.05, 4.69) is 15.0 Å². The molecule has 1 amide bonds. The molecule has 0 aliphatic rings. The first kappa shape index (κ1) is 27.3. The highest BCUT2D eigenvalue weighted by Crippen LogP contribution is 2.29. The Bertz CT molecular complexity index is 1150. The van der Waals surface area contributed by atoms with E-state index >= 15 is 0 Å². The second-order valence-corrected chi connectivity index (χ2v) is 9.61. The summed E-state index contributed by atoms with van der Waals surface area (Å²) in [5, 5.41) is 2.64. The van der Waals surface area contributed by atoms with E-state index < -0.39 is 39.7 Å². The lowest BCUT2D eigenvalue weighted by Crippen LogP contribution is -2.24. The molecule has 0 radical (unpaired) electrons. The minimum absolute atomic E-state index is 0.213. The molecule has 0 aliphatic heterocycles. The van der Waals surface area contributed by atoms with E-state index in [4.69, 9.17) is 0 Å². The summed E-state index contributed by atoms with van der Waals surface area (Å²) in [7, 11) is -3.64. The van der Waals surface area contributed by atoms with Gasteiger partial charge in [-0.2, -0.15) is 13.2 Å². The molecule has 2 N–H and O–H groups in total. The van der Waals surface area contributed by atoms with E-state index in [9.17, 15) is 30.8 Å².